The lowest BCUT2D eigenvalue weighted by molar-refractivity contribution is -0.136. The van der Waals surface area contributed by atoms with Crippen LogP contribution in [0.5, 0.6) is 0 Å². The highest BCUT2D eigenvalue weighted by atomic mass is 16.5. The van der Waals surface area contributed by atoms with Gasteiger partial charge < -0.3 is 26.7 Å². The Labute approximate surface area is 171 Å². The maximum absolute atomic E-state index is 12.0. The molecule has 0 bridgehead atoms. The number of ether oxygens (including phenoxy) is 1. The largest absolute Gasteiger partial charge is 0.458 e. The van der Waals surface area contributed by atoms with Crippen molar-refractivity contribution in [2.45, 2.75) is 52.0 Å². The van der Waals surface area contributed by atoms with E-state index >= 15 is 0 Å². The molecule has 3 aliphatic rings. The summed E-state index contributed by atoms with van der Waals surface area (Å²) in [5.41, 5.74) is 14.3. The molecule has 0 aromatic rings. The molecular formula is C21H32N4O4. The van der Waals surface area contributed by atoms with Crippen LogP contribution >= 0.6 is 0 Å². The molecule has 2 aliphatic carbocycles. The Morgan fingerprint density at radius 3 is 2.90 bits per heavy atom. The summed E-state index contributed by atoms with van der Waals surface area (Å²) in [6.45, 7) is 4.77. The average Bonchev–Trinajstić information content (AvgIpc) is 3.10. The summed E-state index contributed by atoms with van der Waals surface area (Å²) >= 11 is 0. The van der Waals surface area contributed by atoms with Gasteiger partial charge in [-0.05, 0) is 61.6 Å². The van der Waals surface area contributed by atoms with Gasteiger partial charge in [-0.3, -0.25) is 4.79 Å². The van der Waals surface area contributed by atoms with Gasteiger partial charge in [-0.2, -0.15) is 0 Å². The van der Waals surface area contributed by atoms with Crippen LogP contribution in [-0.4, -0.2) is 42.0 Å². The molecule has 5 atom stereocenters. The van der Waals surface area contributed by atoms with Gasteiger partial charge in [0.25, 0.3) is 0 Å². The predicted molar refractivity (Wildman–Crippen MR) is 109 cm³/mol. The van der Waals surface area contributed by atoms with E-state index in [1.165, 1.54) is 5.57 Å². The zero-order chi connectivity index (χ0) is 21.2. The molecule has 1 amide bonds. The first-order valence-electron chi connectivity index (χ1n) is 10.3. The normalized spacial score (nSPS) is 35.8. The number of nitrogens with two attached hydrogens (primary N) is 2. The second-order valence-electron chi connectivity index (χ2n) is 8.75. The van der Waals surface area contributed by atoms with Crippen LogP contribution in [0.1, 0.15) is 46.0 Å². The van der Waals surface area contributed by atoms with Crippen molar-refractivity contribution in [3.05, 3.63) is 23.4 Å². The number of amides is 1. The predicted octanol–water partition coefficient (Wildman–Crippen LogP) is 1.44. The number of hydrogen-bond donors (Lipinski definition) is 4. The van der Waals surface area contributed by atoms with E-state index in [1.54, 1.807) is 6.08 Å². The number of oxime groups is 1. The van der Waals surface area contributed by atoms with E-state index < -0.39 is 11.9 Å². The summed E-state index contributed by atoms with van der Waals surface area (Å²) in [4.78, 5) is 23.1. The number of nitrogens with one attached hydrogen (secondary N) is 1. The van der Waals surface area contributed by atoms with Crippen molar-refractivity contribution in [1.29, 1.82) is 0 Å². The molecule has 2 saturated carbocycles. The van der Waals surface area contributed by atoms with Crippen molar-refractivity contribution in [3.63, 3.8) is 0 Å². The Kier molecular flexibility index (Phi) is 6.31. The van der Waals surface area contributed by atoms with E-state index in [1.807, 2.05) is 6.20 Å². The number of rotatable bonds is 6. The zero-order valence-electron chi connectivity index (χ0n) is 17.2. The molecular weight excluding hydrogens is 372 g/mol. The lowest BCUT2D eigenvalue weighted by Gasteiger charge is -2.54. The van der Waals surface area contributed by atoms with Crippen molar-refractivity contribution in [1.82, 2.24) is 5.32 Å². The first-order valence-corrected chi connectivity index (χ1v) is 10.3. The number of esters is 1. The van der Waals surface area contributed by atoms with Crippen LogP contribution in [-0.2, 0) is 14.3 Å². The lowest BCUT2D eigenvalue weighted by Crippen LogP contribution is -2.50. The fourth-order valence-electron chi connectivity index (χ4n) is 5.62. The Morgan fingerprint density at radius 2 is 2.28 bits per heavy atom. The second-order valence-corrected chi connectivity index (χ2v) is 8.75. The van der Waals surface area contributed by atoms with Gasteiger partial charge in [0.05, 0.1) is 17.8 Å². The van der Waals surface area contributed by atoms with Gasteiger partial charge >= 0.3 is 5.97 Å². The topological polar surface area (TPSA) is 140 Å². The summed E-state index contributed by atoms with van der Waals surface area (Å²) in [6, 6.07) is -0.409. The van der Waals surface area contributed by atoms with Gasteiger partial charge in [0, 0.05) is 12.0 Å². The first-order chi connectivity index (χ1) is 13.8. The van der Waals surface area contributed by atoms with E-state index in [2.05, 4.69) is 24.3 Å². The minimum atomic E-state index is -0.413. The van der Waals surface area contributed by atoms with Crippen LogP contribution in [0.25, 0.3) is 0 Å². The maximum atomic E-state index is 12.0. The fraction of sp³-hybridized carbons (Fsp3) is 0.667. The molecule has 2 unspecified atom stereocenters. The number of cyclic esters (lactones) is 1. The number of fused-ring (bicyclic) bond motifs is 1. The van der Waals surface area contributed by atoms with Gasteiger partial charge in [-0.15, -0.1) is 0 Å². The molecule has 1 aliphatic heterocycles. The van der Waals surface area contributed by atoms with Gasteiger partial charge in [0.15, 0.2) is 0 Å². The van der Waals surface area contributed by atoms with Crippen LogP contribution in [0.15, 0.2) is 28.6 Å². The molecule has 160 valence electrons. The van der Waals surface area contributed by atoms with Crippen molar-refractivity contribution in [2.24, 2.45) is 39.8 Å². The molecule has 8 heteroatoms. The minimum Gasteiger partial charge on any atom is -0.458 e. The van der Waals surface area contributed by atoms with Crippen LogP contribution in [0.4, 0.5) is 0 Å². The zero-order valence-corrected chi connectivity index (χ0v) is 17.2. The Hall–Kier alpha value is -2.35. The van der Waals surface area contributed by atoms with Crippen LogP contribution in [0.3, 0.4) is 0 Å². The second kappa shape index (κ2) is 8.57. The van der Waals surface area contributed by atoms with E-state index in [0.29, 0.717) is 17.9 Å². The number of carbonyl (C=O) groups excluding carboxylic acids is 2. The molecule has 6 N–H and O–H groups in total. The van der Waals surface area contributed by atoms with Crippen molar-refractivity contribution < 1.29 is 19.5 Å². The number of nitrogens with zero attached hydrogens (tertiary/aromatic N) is 1. The van der Waals surface area contributed by atoms with Crippen molar-refractivity contribution >= 4 is 17.6 Å². The van der Waals surface area contributed by atoms with E-state index in [4.69, 9.17) is 16.2 Å². The van der Waals surface area contributed by atoms with Crippen molar-refractivity contribution in [3.8, 4) is 0 Å². The lowest BCUT2D eigenvalue weighted by atomic mass is 9.50. The third-order valence-corrected chi connectivity index (χ3v) is 7.22. The quantitative estimate of drug-likeness (QED) is 0.300. The Balaban J connectivity index is 1.89. The summed E-state index contributed by atoms with van der Waals surface area (Å²) in [5.74, 6) is -0.0675. The van der Waals surface area contributed by atoms with Gasteiger partial charge in [-0.1, -0.05) is 24.6 Å². The SMILES string of the molecule is C[C@H]1/C(=N\O)CC[C@@]2(C)C1CC/C(=C/NCC(N)=O)[C@H]2CC(N)C1=CCOC1=O. The number of primary amides is 1. The average molecular weight is 405 g/mol. The standard InChI is InChI=1S/C21H32N4O4/c1-12-15-4-3-13(10-24-11-19(23)26)16(21(15,2)7-5-18(12)25-28)9-17(22)14-6-8-29-20(14)27/h6,10,12,15-17,24,28H,3-5,7-9,11,22H2,1-2H3,(H2,23,26)/b13-10-,25-18-/t12-,15?,16-,17?,21+/m1/s1. The molecule has 0 aromatic heterocycles. The van der Waals surface area contributed by atoms with Gasteiger partial charge in [-0.25, -0.2) is 4.79 Å². The number of carbonyl (C=O) groups is 2. The summed E-state index contributed by atoms with van der Waals surface area (Å²) < 4.78 is 5.04. The van der Waals surface area contributed by atoms with E-state index in [0.717, 1.165) is 31.4 Å². The minimum absolute atomic E-state index is 0.0488. The Morgan fingerprint density at radius 1 is 1.52 bits per heavy atom. The monoisotopic (exact) mass is 404 g/mol. The van der Waals surface area contributed by atoms with Gasteiger partial charge in [0.1, 0.15) is 6.61 Å². The summed E-state index contributed by atoms with van der Waals surface area (Å²) in [6.07, 6.45) is 7.75. The van der Waals surface area contributed by atoms with E-state index in [-0.39, 0.29) is 36.4 Å². The number of allylic oxidation sites excluding steroid dienone is 1. The maximum Gasteiger partial charge on any atom is 0.335 e. The van der Waals surface area contributed by atoms with Crippen molar-refractivity contribution in [2.75, 3.05) is 13.2 Å². The molecule has 8 nitrogen and oxygen atoms in total. The highest BCUT2D eigenvalue weighted by Crippen LogP contribution is 2.57. The molecule has 0 saturated heterocycles. The summed E-state index contributed by atoms with van der Waals surface area (Å²) in [5, 5.41) is 16.0. The van der Waals surface area contributed by atoms with E-state index in [9.17, 15) is 14.8 Å². The van der Waals surface area contributed by atoms with Crippen LogP contribution in [0, 0.1) is 23.2 Å². The molecule has 0 aromatic carbocycles. The fourth-order valence-corrected chi connectivity index (χ4v) is 5.62. The molecule has 1 heterocycles. The summed E-state index contributed by atoms with van der Waals surface area (Å²) in [7, 11) is 0. The Bertz CT molecular complexity index is 760. The van der Waals surface area contributed by atoms with Gasteiger partial charge in [0.2, 0.25) is 5.91 Å². The van der Waals surface area contributed by atoms with Crippen LogP contribution < -0.4 is 16.8 Å². The highest BCUT2D eigenvalue weighted by Gasteiger charge is 2.51. The molecule has 2 fully saturated rings. The smallest absolute Gasteiger partial charge is 0.335 e. The first kappa shape index (κ1) is 21.4. The highest BCUT2D eigenvalue weighted by molar-refractivity contribution is 5.91. The molecule has 3 rings (SSSR count). The molecule has 29 heavy (non-hydrogen) atoms. The van der Waals surface area contributed by atoms with Crippen LogP contribution in [0.2, 0.25) is 0 Å². The molecule has 0 radical (unpaired) electrons. The third kappa shape index (κ3) is 4.17. The third-order valence-electron chi connectivity index (χ3n) is 7.22. The molecule has 0 spiro atoms. The number of hydrogen-bond acceptors (Lipinski definition) is 7.